The number of nitrogens with one attached hydrogen (secondary N) is 4. The standard InChI is InChI=1S/C18H16N6O/c25-18(19-9-12-10-20-21-11-12)22-14-7-5-13(6-8-14)17-15-3-1-2-4-16(15)23-24-17/h1-8,10-11H,9H2,(H,20,21)(H,23,24)(H2,19,22,25). The fourth-order valence-corrected chi connectivity index (χ4v) is 2.63. The van der Waals surface area contributed by atoms with Crippen LogP contribution in [0.5, 0.6) is 0 Å². The number of para-hydroxylation sites is 1. The second-order valence-electron chi connectivity index (χ2n) is 5.61. The van der Waals surface area contributed by atoms with Crippen molar-refractivity contribution in [1.29, 1.82) is 0 Å². The molecule has 0 aliphatic carbocycles. The van der Waals surface area contributed by atoms with Gasteiger partial charge in [-0.3, -0.25) is 10.2 Å². The first kappa shape index (κ1) is 14.9. The number of hydrogen-bond acceptors (Lipinski definition) is 3. The number of nitrogens with zero attached hydrogens (tertiary/aromatic N) is 2. The van der Waals surface area contributed by atoms with Crippen molar-refractivity contribution >= 4 is 22.6 Å². The number of anilines is 1. The van der Waals surface area contributed by atoms with Gasteiger partial charge in [-0.1, -0.05) is 30.3 Å². The molecule has 2 amide bonds. The lowest BCUT2D eigenvalue weighted by molar-refractivity contribution is 0.251. The third-order valence-corrected chi connectivity index (χ3v) is 3.89. The Morgan fingerprint density at radius 1 is 1.08 bits per heavy atom. The molecule has 0 fully saturated rings. The van der Waals surface area contributed by atoms with Crippen molar-refractivity contribution in [3.63, 3.8) is 0 Å². The van der Waals surface area contributed by atoms with E-state index >= 15 is 0 Å². The molecule has 0 saturated carbocycles. The Kier molecular flexibility index (Phi) is 3.88. The topological polar surface area (TPSA) is 98.5 Å². The summed E-state index contributed by atoms with van der Waals surface area (Å²) in [6.07, 6.45) is 3.41. The number of fused-ring (bicyclic) bond motifs is 1. The van der Waals surface area contributed by atoms with Gasteiger partial charge in [0.05, 0.1) is 17.4 Å². The summed E-state index contributed by atoms with van der Waals surface area (Å²) >= 11 is 0. The van der Waals surface area contributed by atoms with Crippen LogP contribution in [0.25, 0.3) is 22.2 Å². The molecule has 4 rings (SSSR count). The Hall–Kier alpha value is -3.61. The Labute approximate surface area is 143 Å². The van der Waals surface area contributed by atoms with Crippen LogP contribution in [0.1, 0.15) is 5.56 Å². The van der Waals surface area contributed by atoms with Crippen LogP contribution in [0.15, 0.2) is 60.9 Å². The van der Waals surface area contributed by atoms with Crippen LogP contribution < -0.4 is 10.6 Å². The molecule has 0 aliphatic heterocycles. The van der Waals surface area contributed by atoms with Gasteiger partial charge in [-0.05, 0) is 18.2 Å². The van der Waals surface area contributed by atoms with Crippen molar-refractivity contribution in [2.24, 2.45) is 0 Å². The molecule has 2 aromatic heterocycles. The van der Waals surface area contributed by atoms with Gasteiger partial charge >= 0.3 is 6.03 Å². The molecule has 0 atom stereocenters. The maximum atomic E-state index is 11.9. The molecule has 4 N–H and O–H groups in total. The lowest BCUT2D eigenvalue weighted by atomic mass is 10.1. The highest BCUT2D eigenvalue weighted by atomic mass is 16.2. The molecule has 0 bridgehead atoms. The van der Waals surface area contributed by atoms with E-state index in [0.717, 1.165) is 27.7 Å². The molecule has 7 nitrogen and oxygen atoms in total. The van der Waals surface area contributed by atoms with E-state index in [1.807, 2.05) is 48.5 Å². The van der Waals surface area contributed by atoms with Crippen LogP contribution in [0.2, 0.25) is 0 Å². The Balaban J connectivity index is 1.44. The third-order valence-electron chi connectivity index (χ3n) is 3.89. The fraction of sp³-hybridized carbons (Fsp3) is 0.0556. The number of benzene rings is 2. The third kappa shape index (κ3) is 3.20. The number of rotatable bonds is 4. The molecule has 0 unspecified atom stereocenters. The van der Waals surface area contributed by atoms with Gasteiger partial charge in [-0.2, -0.15) is 10.2 Å². The van der Waals surface area contributed by atoms with Crippen LogP contribution in [0.3, 0.4) is 0 Å². The molecule has 0 aliphatic rings. The number of hydrogen-bond donors (Lipinski definition) is 4. The number of H-pyrrole nitrogens is 2. The van der Waals surface area contributed by atoms with E-state index in [1.165, 1.54) is 0 Å². The zero-order valence-electron chi connectivity index (χ0n) is 13.3. The highest BCUT2D eigenvalue weighted by Crippen LogP contribution is 2.26. The SMILES string of the molecule is O=C(NCc1cn[nH]c1)Nc1ccc(-c2n[nH]c3ccccc23)cc1. The lowest BCUT2D eigenvalue weighted by Crippen LogP contribution is -2.27. The monoisotopic (exact) mass is 332 g/mol. The van der Waals surface area contributed by atoms with Crippen molar-refractivity contribution in [2.75, 3.05) is 5.32 Å². The Morgan fingerprint density at radius 3 is 2.72 bits per heavy atom. The van der Waals surface area contributed by atoms with Crippen molar-refractivity contribution < 1.29 is 4.79 Å². The molecule has 124 valence electrons. The average molecular weight is 332 g/mol. The van der Waals surface area contributed by atoms with Gasteiger partial charge in [0.25, 0.3) is 0 Å². The van der Waals surface area contributed by atoms with Crippen LogP contribution in [0.4, 0.5) is 10.5 Å². The van der Waals surface area contributed by atoms with E-state index < -0.39 is 0 Å². The molecular weight excluding hydrogens is 316 g/mol. The first-order valence-electron chi connectivity index (χ1n) is 7.85. The fourth-order valence-electron chi connectivity index (χ4n) is 2.63. The molecule has 4 aromatic rings. The number of urea groups is 1. The number of aromatic amines is 2. The summed E-state index contributed by atoms with van der Waals surface area (Å²) in [5.74, 6) is 0. The maximum Gasteiger partial charge on any atom is 0.319 e. The first-order valence-corrected chi connectivity index (χ1v) is 7.85. The van der Waals surface area contributed by atoms with Gasteiger partial charge in [0, 0.05) is 34.9 Å². The van der Waals surface area contributed by atoms with E-state index in [-0.39, 0.29) is 6.03 Å². The van der Waals surface area contributed by atoms with Gasteiger partial charge in [-0.15, -0.1) is 0 Å². The zero-order valence-corrected chi connectivity index (χ0v) is 13.3. The van der Waals surface area contributed by atoms with Crippen LogP contribution in [-0.4, -0.2) is 26.4 Å². The summed E-state index contributed by atoms with van der Waals surface area (Å²) in [6.45, 7) is 0.416. The maximum absolute atomic E-state index is 11.9. The second-order valence-corrected chi connectivity index (χ2v) is 5.61. The minimum absolute atomic E-state index is 0.265. The van der Waals surface area contributed by atoms with Crippen molar-refractivity contribution in [3.8, 4) is 11.3 Å². The molecule has 0 spiro atoms. The lowest BCUT2D eigenvalue weighted by Gasteiger charge is -2.07. The van der Waals surface area contributed by atoms with Crippen LogP contribution in [-0.2, 0) is 6.54 Å². The highest BCUT2D eigenvalue weighted by Gasteiger charge is 2.08. The van der Waals surface area contributed by atoms with Gasteiger partial charge in [-0.25, -0.2) is 4.79 Å². The number of carbonyl (C=O) groups is 1. The normalized spacial score (nSPS) is 10.7. The largest absolute Gasteiger partial charge is 0.334 e. The molecule has 0 radical (unpaired) electrons. The molecule has 2 heterocycles. The molecule has 2 aromatic carbocycles. The van der Waals surface area contributed by atoms with E-state index in [9.17, 15) is 4.79 Å². The minimum atomic E-state index is -0.265. The molecule has 0 saturated heterocycles. The minimum Gasteiger partial charge on any atom is -0.334 e. The van der Waals surface area contributed by atoms with Gasteiger partial charge in [0.15, 0.2) is 0 Å². The summed E-state index contributed by atoms with van der Waals surface area (Å²) in [5.41, 5.74) is 4.51. The summed E-state index contributed by atoms with van der Waals surface area (Å²) < 4.78 is 0. The predicted octanol–water partition coefficient (Wildman–Crippen LogP) is 3.27. The Morgan fingerprint density at radius 2 is 1.92 bits per heavy atom. The van der Waals surface area contributed by atoms with Crippen molar-refractivity contribution in [1.82, 2.24) is 25.7 Å². The number of amides is 2. The molecule has 25 heavy (non-hydrogen) atoms. The summed E-state index contributed by atoms with van der Waals surface area (Å²) in [6, 6.07) is 15.3. The summed E-state index contributed by atoms with van der Waals surface area (Å²) in [4.78, 5) is 11.9. The smallest absolute Gasteiger partial charge is 0.319 e. The van der Waals surface area contributed by atoms with E-state index in [4.69, 9.17) is 0 Å². The second kappa shape index (κ2) is 6.48. The van der Waals surface area contributed by atoms with E-state index in [2.05, 4.69) is 31.0 Å². The number of carbonyl (C=O) groups excluding carboxylic acids is 1. The zero-order chi connectivity index (χ0) is 17.1. The van der Waals surface area contributed by atoms with Gasteiger partial charge < -0.3 is 10.6 Å². The van der Waals surface area contributed by atoms with Crippen molar-refractivity contribution in [2.45, 2.75) is 6.54 Å². The average Bonchev–Trinajstić information content (AvgIpc) is 3.30. The molecular formula is C18H16N6O. The molecule has 7 heteroatoms. The quantitative estimate of drug-likeness (QED) is 0.461. The van der Waals surface area contributed by atoms with E-state index in [1.54, 1.807) is 12.4 Å². The van der Waals surface area contributed by atoms with Crippen LogP contribution in [0, 0.1) is 0 Å². The first-order chi connectivity index (χ1) is 12.3. The summed E-state index contributed by atoms with van der Waals surface area (Å²) in [5, 5.41) is 20.6. The van der Waals surface area contributed by atoms with Gasteiger partial charge in [0.1, 0.15) is 0 Å². The van der Waals surface area contributed by atoms with E-state index in [0.29, 0.717) is 12.2 Å². The number of aromatic nitrogens is 4. The van der Waals surface area contributed by atoms with Gasteiger partial charge in [0.2, 0.25) is 0 Å². The van der Waals surface area contributed by atoms with Crippen molar-refractivity contribution in [3.05, 3.63) is 66.5 Å². The predicted molar refractivity (Wildman–Crippen MR) is 96.0 cm³/mol. The summed E-state index contributed by atoms with van der Waals surface area (Å²) in [7, 11) is 0. The highest BCUT2D eigenvalue weighted by molar-refractivity contribution is 5.93. The Bertz CT molecular complexity index is 988. The van der Waals surface area contributed by atoms with Crippen LogP contribution >= 0.6 is 0 Å².